The fraction of sp³-hybridized carbons (Fsp3) is 0.500. The van der Waals surface area contributed by atoms with Crippen LogP contribution in [-0.2, 0) is 5.60 Å². The molecule has 0 aliphatic rings. The molecule has 1 aromatic carbocycles. The van der Waals surface area contributed by atoms with Crippen LogP contribution in [0.15, 0.2) is 12.1 Å². The van der Waals surface area contributed by atoms with E-state index in [1.807, 2.05) is 0 Å². The first-order valence-electron chi connectivity index (χ1n) is 4.97. The lowest BCUT2D eigenvalue weighted by Crippen LogP contribution is -2.17. The minimum atomic E-state index is -0.995. The Balaban J connectivity index is 3.43. The lowest BCUT2D eigenvalue weighted by molar-refractivity contribution is 0.0750. The van der Waals surface area contributed by atoms with Crippen molar-refractivity contribution in [1.82, 2.24) is 0 Å². The maximum Gasteiger partial charge on any atom is 0.203 e. The van der Waals surface area contributed by atoms with Crippen molar-refractivity contribution >= 4 is 0 Å². The molecule has 0 radical (unpaired) electrons. The van der Waals surface area contributed by atoms with Crippen molar-refractivity contribution in [3.05, 3.63) is 17.7 Å². The summed E-state index contributed by atoms with van der Waals surface area (Å²) in [5, 5.41) is 10.0. The third-order valence-corrected chi connectivity index (χ3v) is 2.36. The van der Waals surface area contributed by atoms with Crippen molar-refractivity contribution in [2.24, 2.45) is 0 Å². The molecule has 0 bridgehead atoms. The van der Waals surface area contributed by atoms with Gasteiger partial charge in [-0.1, -0.05) is 0 Å². The van der Waals surface area contributed by atoms with Crippen molar-refractivity contribution in [3.8, 4) is 17.2 Å². The molecule has 16 heavy (non-hydrogen) atoms. The molecule has 0 heterocycles. The van der Waals surface area contributed by atoms with E-state index >= 15 is 0 Å². The Kier molecular flexibility index (Phi) is 3.65. The Morgan fingerprint density at radius 1 is 0.938 bits per heavy atom. The summed E-state index contributed by atoms with van der Waals surface area (Å²) < 4.78 is 15.7. The molecule has 0 amide bonds. The summed E-state index contributed by atoms with van der Waals surface area (Å²) in [6.07, 6.45) is 0. The molecule has 4 nitrogen and oxygen atoms in total. The summed E-state index contributed by atoms with van der Waals surface area (Å²) in [6.45, 7) is 3.38. The Morgan fingerprint density at radius 3 is 1.88 bits per heavy atom. The highest BCUT2D eigenvalue weighted by Gasteiger charge is 2.25. The monoisotopic (exact) mass is 226 g/mol. The third kappa shape index (κ3) is 2.22. The van der Waals surface area contributed by atoms with Gasteiger partial charge in [0.05, 0.1) is 26.9 Å². The second-order valence-electron chi connectivity index (χ2n) is 3.94. The summed E-state index contributed by atoms with van der Waals surface area (Å²) in [5.74, 6) is 1.56. The van der Waals surface area contributed by atoms with Gasteiger partial charge in [-0.2, -0.15) is 0 Å². The molecule has 4 heteroatoms. The van der Waals surface area contributed by atoms with E-state index in [0.29, 0.717) is 22.8 Å². The molecular formula is C12H18O4. The third-order valence-electron chi connectivity index (χ3n) is 2.36. The normalized spacial score (nSPS) is 11.1. The Hall–Kier alpha value is -1.42. The summed E-state index contributed by atoms with van der Waals surface area (Å²) in [7, 11) is 4.63. The zero-order valence-corrected chi connectivity index (χ0v) is 10.3. The van der Waals surface area contributed by atoms with Crippen molar-refractivity contribution in [1.29, 1.82) is 0 Å². The van der Waals surface area contributed by atoms with Crippen molar-refractivity contribution in [2.45, 2.75) is 19.4 Å². The largest absolute Gasteiger partial charge is 0.493 e. The summed E-state index contributed by atoms with van der Waals surface area (Å²) in [4.78, 5) is 0. The van der Waals surface area contributed by atoms with Gasteiger partial charge < -0.3 is 19.3 Å². The SMILES string of the molecule is COc1ccc(C(C)(C)O)c(OC)c1OC. The number of aliphatic hydroxyl groups is 1. The fourth-order valence-corrected chi connectivity index (χ4v) is 1.58. The van der Waals surface area contributed by atoms with E-state index in [4.69, 9.17) is 14.2 Å². The van der Waals surface area contributed by atoms with Crippen molar-refractivity contribution in [2.75, 3.05) is 21.3 Å². The zero-order valence-electron chi connectivity index (χ0n) is 10.3. The van der Waals surface area contributed by atoms with E-state index in [9.17, 15) is 5.11 Å². The number of methoxy groups -OCH3 is 3. The molecular weight excluding hydrogens is 208 g/mol. The van der Waals surface area contributed by atoms with Crippen LogP contribution < -0.4 is 14.2 Å². The molecule has 0 saturated heterocycles. The van der Waals surface area contributed by atoms with E-state index in [-0.39, 0.29) is 0 Å². The lowest BCUT2D eigenvalue weighted by Gasteiger charge is -2.23. The Morgan fingerprint density at radius 2 is 1.50 bits per heavy atom. The number of hydrogen-bond acceptors (Lipinski definition) is 4. The number of hydrogen-bond donors (Lipinski definition) is 1. The highest BCUT2D eigenvalue weighted by Crippen LogP contribution is 2.43. The van der Waals surface area contributed by atoms with Crippen LogP contribution >= 0.6 is 0 Å². The Labute approximate surface area is 95.8 Å². The second-order valence-corrected chi connectivity index (χ2v) is 3.94. The predicted molar refractivity (Wildman–Crippen MR) is 61.3 cm³/mol. The standard InChI is InChI=1S/C12H18O4/c1-12(2,13)8-6-7-9(14-3)11(16-5)10(8)15-4/h6-7,13H,1-5H3. The van der Waals surface area contributed by atoms with Gasteiger partial charge in [0.2, 0.25) is 5.75 Å². The molecule has 0 saturated carbocycles. The van der Waals surface area contributed by atoms with E-state index < -0.39 is 5.60 Å². The molecule has 90 valence electrons. The number of benzene rings is 1. The van der Waals surface area contributed by atoms with Gasteiger partial charge >= 0.3 is 0 Å². The van der Waals surface area contributed by atoms with Crippen molar-refractivity contribution < 1.29 is 19.3 Å². The van der Waals surface area contributed by atoms with Crippen LogP contribution in [0.2, 0.25) is 0 Å². The first-order chi connectivity index (χ1) is 7.45. The van der Waals surface area contributed by atoms with Crippen molar-refractivity contribution in [3.63, 3.8) is 0 Å². The topological polar surface area (TPSA) is 47.9 Å². The minimum Gasteiger partial charge on any atom is -0.493 e. The first kappa shape index (κ1) is 12.6. The molecule has 0 fully saturated rings. The van der Waals surface area contributed by atoms with Crippen LogP contribution in [0.4, 0.5) is 0 Å². The quantitative estimate of drug-likeness (QED) is 0.852. The number of ether oxygens (including phenoxy) is 3. The molecule has 1 aromatic rings. The lowest BCUT2D eigenvalue weighted by atomic mass is 9.96. The van der Waals surface area contributed by atoms with Gasteiger partial charge in [-0.15, -0.1) is 0 Å². The van der Waals surface area contributed by atoms with Gasteiger partial charge in [0, 0.05) is 5.56 Å². The second kappa shape index (κ2) is 4.61. The van der Waals surface area contributed by atoms with Crippen LogP contribution in [0.25, 0.3) is 0 Å². The van der Waals surface area contributed by atoms with Crippen LogP contribution in [0.1, 0.15) is 19.4 Å². The smallest absolute Gasteiger partial charge is 0.203 e. The molecule has 0 aliphatic heterocycles. The molecule has 1 rings (SSSR count). The molecule has 0 spiro atoms. The maximum absolute atomic E-state index is 10.0. The highest BCUT2D eigenvalue weighted by atomic mass is 16.5. The van der Waals surface area contributed by atoms with E-state index in [1.54, 1.807) is 33.1 Å². The molecule has 1 N–H and O–H groups in total. The zero-order chi connectivity index (χ0) is 12.3. The maximum atomic E-state index is 10.0. The van der Waals surface area contributed by atoms with Crippen LogP contribution in [0.5, 0.6) is 17.2 Å². The van der Waals surface area contributed by atoms with Gasteiger partial charge in [0.25, 0.3) is 0 Å². The van der Waals surface area contributed by atoms with Crippen LogP contribution in [-0.4, -0.2) is 26.4 Å². The fourth-order valence-electron chi connectivity index (χ4n) is 1.58. The van der Waals surface area contributed by atoms with Gasteiger partial charge in [0.15, 0.2) is 11.5 Å². The van der Waals surface area contributed by atoms with E-state index in [0.717, 1.165) is 0 Å². The van der Waals surface area contributed by atoms with Crippen LogP contribution in [0.3, 0.4) is 0 Å². The van der Waals surface area contributed by atoms with Gasteiger partial charge in [-0.3, -0.25) is 0 Å². The average Bonchev–Trinajstić information content (AvgIpc) is 2.25. The average molecular weight is 226 g/mol. The van der Waals surface area contributed by atoms with Gasteiger partial charge in [-0.25, -0.2) is 0 Å². The van der Waals surface area contributed by atoms with Gasteiger partial charge in [0.1, 0.15) is 0 Å². The molecule has 0 atom stereocenters. The minimum absolute atomic E-state index is 0.490. The summed E-state index contributed by atoms with van der Waals surface area (Å²) in [5.41, 5.74) is -0.335. The first-order valence-corrected chi connectivity index (χ1v) is 4.97. The predicted octanol–water partition coefficient (Wildman–Crippen LogP) is 1.94. The summed E-state index contributed by atoms with van der Waals surface area (Å²) >= 11 is 0. The molecule has 0 unspecified atom stereocenters. The molecule has 0 aliphatic carbocycles. The number of rotatable bonds is 4. The Bertz CT molecular complexity index is 366. The van der Waals surface area contributed by atoms with Crippen LogP contribution in [0, 0.1) is 0 Å². The van der Waals surface area contributed by atoms with E-state index in [1.165, 1.54) is 14.2 Å². The summed E-state index contributed by atoms with van der Waals surface area (Å²) in [6, 6.07) is 3.51. The van der Waals surface area contributed by atoms with Gasteiger partial charge in [-0.05, 0) is 26.0 Å². The highest BCUT2D eigenvalue weighted by molar-refractivity contribution is 5.57. The molecule has 0 aromatic heterocycles. The van der Waals surface area contributed by atoms with E-state index in [2.05, 4.69) is 0 Å².